The summed E-state index contributed by atoms with van der Waals surface area (Å²) in [7, 11) is -3.81. The van der Waals surface area contributed by atoms with Gasteiger partial charge in [-0.05, 0) is 6.92 Å². The Kier molecular flexibility index (Phi) is 3.73. The van der Waals surface area contributed by atoms with Gasteiger partial charge in [-0.25, -0.2) is 13.1 Å². The predicted molar refractivity (Wildman–Crippen MR) is 42.9 cm³/mol. The van der Waals surface area contributed by atoms with Gasteiger partial charge in [0.05, 0.1) is 6.54 Å². The minimum absolute atomic E-state index is 0.194. The third-order valence-corrected chi connectivity index (χ3v) is 2.87. The van der Waals surface area contributed by atoms with E-state index in [0.717, 1.165) is 6.92 Å². The summed E-state index contributed by atoms with van der Waals surface area (Å²) in [5, 5.41) is 6.87. The number of hydrogen-bond acceptors (Lipinski definition) is 3. The van der Waals surface area contributed by atoms with E-state index in [2.05, 4.69) is 0 Å². The zero-order valence-corrected chi connectivity index (χ0v) is 7.26. The fourth-order valence-electron chi connectivity index (χ4n) is 0.400. The maximum absolute atomic E-state index is 10.9. The standard InChI is InChI=1S/C6H9NO4S/c1-3-4-7-12(10,11)5(2)6(8)9/h1,5,7H,4H2,2H3,(H,8,9). The van der Waals surface area contributed by atoms with E-state index in [1.807, 2.05) is 10.6 Å². The highest BCUT2D eigenvalue weighted by Gasteiger charge is 2.26. The molecule has 0 aliphatic carbocycles. The summed E-state index contributed by atoms with van der Waals surface area (Å²) < 4.78 is 23.8. The molecule has 0 aromatic rings. The molecule has 0 aromatic heterocycles. The average molecular weight is 191 g/mol. The van der Waals surface area contributed by atoms with Crippen molar-refractivity contribution in [3.63, 3.8) is 0 Å². The Hall–Kier alpha value is -1.06. The van der Waals surface area contributed by atoms with Crippen LogP contribution in [-0.4, -0.2) is 31.3 Å². The van der Waals surface area contributed by atoms with Gasteiger partial charge in [0.2, 0.25) is 10.0 Å². The Labute approximate surface area is 70.8 Å². The lowest BCUT2D eigenvalue weighted by Gasteiger charge is -2.06. The molecule has 0 fully saturated rings. The molecule has 0 aliphatic rings. The predicted octanol–water partition coefficient (Wildman–Crippen LogP) is -0.988. The Balaban J connectivity index is 4.43. The summed E-state index contributed by atoms with van der Waals surface area (Å²) in [5.74, 6) is 0.631. The molecule has 0 saturated carbocycles. The van der Waals surface area contributed by atoms with E-state index in [4.69, 9.17) is 11.5 Å². The van der Waals surface area contributed by atoms with Gasteiger partial charge in [-0.15, -0.1) is 6.42 Å². The normalized spacial score (nSPS) is 13.3. The Morgan fingerprint density at radius 1 is 1.75 bits per heavy atom. The summed E-state index contributed by atoms with van der Waals surface area (Å²) >= 11 is 0. The zero-order chi connectivity index (χ0) is 9.78. The molecule has 68 valence electrons. The molecule has 0 bridgehead atoms. The van der Waals surface area contributed by atoms with Crippen LogP contribution in [-0.2, 0) is 14.8 Å². The van der Waals surface area contributed by atoms with E-state index in [-0.39, 0.29) is 6.54 Å². The Morgan fingerprint density at radius 3 is 2.58 bits per heavy atom. The summed E-state index contributed by atoms with van der Waals surface area (Å²) in [6, 6.07) is 0. The minimum Gasteiger partial charge on any atom is -0.480 e. The largest absolute Gasteiger partial charge is 0.480 e. The van der Waals surface area contributed by atoms with Crippen molar-refractivity contribution in [1.29, 1.82) is 0 Å². The molecule has 0 rings (SSSR count). The number of terminal acetylenes is 1. The SMILES string of the molecule is C#CCNS(=O)(=O)C(C)C(=O)O. The molecular formula is C6H9NO4S. The number of sulfonamides is 1. The van der Waals surface area contributed by atoms with Crippen LogP contribution in [0.3, 0.4) is 0 Å². The Bertz CT molecular complexity index is 300. The average Bonchev–Trinajstić information content (AvgIpc) is 1.99. The van der Waals surface area contributed by atoms with Gasteiger partial charge in [-0.2, -0.15) is 0 Å². The first-order valence-corrected chi connectivity index (χ1v) is 4.61. The molecule has 0 radical (unpaired) electrons. The van der Waals surface area contributed by atoms with E-state index in [9.17, 15) is 13.2 Å². The molecule has 6 heteroatoms. The van der Waals surface area contributed by atoms with Gasteiger partial charge >= 0.3 is 5.97 Å². The van der Waals surface area contributed by atoms with Crippen LogP contribution in [0.2, 0.25) is 0 Å². The van der Waals surface area contributed by atoms with Crippen LogP contribution in [0.25, 0.3) is 0 Å². The maximum Gasteiger partial charge on any atom is 0.323 e. The molecular weight excluding hydrogens is 182 g/mol. The van der Waals surface area contributed by atoms with Crippen LogP contribution in [0.1, 0.15) is 6.92 Å². The highest BCUT2D eigenvalue weighted by atomic mass is 32.2. The van der Waals surface area contributed by atoms with E-state index in [0.29, 0.717) is 0 Å². The highest BCUT2D eigenvalue weighted by molar-refractivity contribution is 7.90. The van der Waals surface area contributed by atoms with Crippen molar-refractivity contribution in [2.24, 2.45) is 0 Å². The molecule has 2 N–H and O–H groups in total. The van der Waals surface area contributed by atoms with Crippen molar-refractivity contribution >= 4 is 16.0 Å². The first-order chi connectivity index (χ1) is 5.41. The molecule has 0 aliphatic heterocycles. The van der Waals surface area contributed by atoms with Crippen LogP contribution in [0.5, 0.6) is 0 Å². The van der Waals surface area contributed by atoms with E-state index >= 15 is 0 Å². The molecule has 0 spiro atoms. The van der Waals surface area contributed by atoms with Crippen molar-refractivity contribution in [2.75, 3.05) is 6.54 Å². The first kappa shape index (κ1) is 10.9. The van der Waals surface area contributed by atoms with Gasteiger partial charge in [0.15, 0.2) is 5.25 Å². The van der Waals surface area contributed by atoms with Crippen LogP contribution in [0.4, 0.5) is 0 Å². The second-order valence-corrected chi connectivity index (χ2v) is 4.14. The van der Waals surface area contributed by atoms with Crippen molar-refractivity contribution in [1.82, 2.24) is 4.72 Å². The smallest absolute Gasteiger partial charge is 0.323 e. The number of carboxylic acids is 1. The van der Waals surface area contributed by atoms with Crippen LogP contribution >= 0.6 is 0 Å². The molecule has 12 heavy (non-hydrogen) atoms. The quantitative estimate of drug-likeness (QED) is 0.559. The Morgan fingerprint density at radius 2 is 2.25 bits per heavy atom. The minimum atomic E-state index is -3.81. The number of carbonyl (C=O) groups is 1. The van der Waals surface area contributed by atoms with Crippen molar-refractivity contribution in [2.45, 2.75) is 12.2 Å². The second-order valence-electron chi connectivity index (χ2n) is 2.05. The maximum atomic E-state index is 10.9. The molecule has 0 heterocycles. The van der Waals surface area contributed by atoms with Crippen molar-refractivity contribution < 1.29 is 18.3 Å². The molecule has 5 nitrogen and oxygen atoms in total. The lowest BCUT2D eigenvalue weighted by molar-refractivity contribution is -0.136. The number of nitrogens with one attached hydrogen (secondary N) is 1. The lowest BCUT2D eigenvalue weighted by atomic mass is 10.5. The summed E-state index contributed by atoms with van der Waals surface area (Å²) in [6.45, 7) is 0.876. The third kappa shape index (κ3) is 2.90. The number of carboxylic acid groups (broad SMARTS) is 1. The number of rotatable bonds is 4. The zero-order valence-electron chi connectivity index (χ0n) is 6.44. The summed E-state index contributed by atoms with van der Waals surface area (Å²) in [5.41, 5.74) is 0. The first-order valence-electron chi connectivity index (χ1n) is 3.06. The summed E-state index contributed by atoms with van der Waals surface area (Å²) in [6.07, 6.45) is 4.79. The van der Waals surface area contributed by atoms with Crippen LogP contribution in [0, 0.1) is 12.3 Å². The van der Waals surface area contributed by atoms with Crippen LogP contribution < -0.4 is 4.72 Å². The third-order valence-electron chi connectivity index (χ3n) is 1.19. The molecule has 1 atom stereocenters. The van der Waals surface area contributed by atoms with Gasteiger partial charge in [0, 0.05) is 0 Å². The topological polar surface area (TPSA) is 83.5 Å². The van der Waals surface area contributed by atoms with Crippen molar-refractivity contribution in [3.8, 4) is 12.3 Å². The van der Waals surface area contributed by atoms with Crippen LogP contribution in [0.15, 0.2) is 0 Å². The highest BCUT2D eigenvalue weighted by Crippen LogP contribution is 1.96. The molecule has 0 amide bonds. The van der Waals surface area contributed by atoms with E-state index in [1.165, 1.54) is 0 Å². The monoisotopic (exact) mass is 191 g/mol. The molecule has 1 unspecified atom stereocenters. The molecule has 0 saturated heterocycles. The van der Waals surface area contributed by atoms with Gasteiger partial charge in [-0.1, -0.05) is 5.92 Å². The number of hydrogen-bond donors (Lipinski definition) is 2. The molecule has 0 aromatic carbocycles. The van der Waals surface area contributed by atoms with Crippen molar-refractivity contribution in [3.05, 3.63) is 0 Å². The summed E-state index contributed by atoms with van der Waals surface area (Å²) in [4.78, 5) is 10.2. The fraction of sp³-hybridized carbons (Fsp3) is 0.500. The van der Waals surface area contributed by atoms with E-state index in [1.54, 1.807) is 0 Å². The number of aliphatic carboxylic acids is 1. The van der Waals surface area contributed by atoms with Gasteiger partial charge in [0.1, 0.15) is 0 Å². The van der Waals surface area contributed by atoms with Gasteiger partial charge in [0.25, 0.3) is 0 Å². The van der Waals surface area contributed by atoms with Gasteiger partial charge < -0.3 is 5.11 Å². The van der Waals surface area contributed by atoms with E-state index < -0.39 is 21.2 Å². The fourth-order valence-corrected chi connectivity index (χ4v) is 1.20. The second kappa shape index (κ2) is 4.09. The van der Waals surface area contributed by atoms with Gasteiger partial charge in [-0.3, -0.25) is 4.79 Å². The lowest BCUT2D eigenvalue weighted by Crippen LogP contribution is -2.37.